The first-order valence-corrected chi connectivity index (χ1v) is 7.99. The third kappa shape index (κ3) is 4.23. The number of carboxylic acid groups (broad SMARTS) is 1. The average molecular weight is 324 g/mol. The fourth-order valence-electron chi connectivity index (χ4n) is 3.01. The van der Waals surface area contributed by atoms with E-state index in [0.29, 0.717) is 24.5 Å². The number of carbonyl (C=O) groups is 2. The number of rotatable bonds is 5. The van der Waals surface area contributed by atoms with E-state index in [1.807, 2.05) is 38.1 Å². The molecule has 1 amide bonds. The fraction of sp³-hybridized carbons (Fsp3) is 0.529. The summed E-state index contributed by atoms with van der Waals surface area (Å²) in [6.07, 6.45) is 1.26. The Morgan fingerprint density at radius 3 is 2.50 bits per heavy atom. The summed E-state index contributed by atoms with van der Waals surface area (Å²) in [5.74, 6) is -0.953. The summed E-state index contributed by atoms with van der Waals surface area (Å²) in [6.45, 7) is 4.82. The largest absolute Gasteiger partial charge is 0.481 e. The van der Waals surface area contributed by atoms with Gasteiger partial charge in [0.2, 0.25) is 5.91 Å². The lowest BCUT2D eigenvalue weighted by Gasteiger charge is -2.19. The molecular weight excluding hydrogens is 302 g/mol. The molecule has 1 aromatic rings. The lowest BCUT2D eigenvalue weighted by atomic mass is 9.97. The Bertz CT molecular complexity index is 543. The average Bonchev–Trinajstić information content (AvgIpc) is 2.83. The highest BCUT2D eigenvalue weighted by Gasteiger charge is 2.36. The summed E-state index contributed by atoms with van der Waals surface area (Å²) < 4.78 is 0. The van der Waals surface area contributed by atoms with E-state index in [1.54, 1.807) is 4.90 Å². The molecule has 1 fully saturated rings. The van der Waals surface area contributed by atoms with E-state index in [2.05, 4.69) is 0 Å². The third-order valence-corrected chi connectivity index (χ3v) is 4.55. The molecular formula is C17H22ClNO3. The van der Waals surface area contributed by atoms with Crippen molar-refractivity contribution < 1.29 is 14.7 Å². The van der Waals surface area contributed by atoms with Gasteiger partial charge in [-0.25, -0.2) is 0 Å². The Morgan fingerprint density at radius 1 is 1.32 bits per heavy atom. The van der Waals surface area contributed by atoms with Crippen LogP contribution < -0.4 is 0 Å². The molecule has 0 saturated carbocycles. The molecule has 3 atom stereocenters. The molecule has 1 N–H and O–H groups in total. The predicted octanol–water partition coefficient (Wildman–Crippen LogP) is 3.09. The van der Waals surface area contributed by atoms with E-state index in [0.717, 1.165) is 12.0 Å². The number of hydrogen-bond donors (Lipinski definition) is 1. The molecule has 1 unspecified atom stereocenters. The number of nitrogens with zero attached hydrogens (tertiary/aromatic N) is 1. The molecule has 1 saturated heterocycles. The second-order valence-electron chi connectivity index (χ2n) is 6.36. The predicted molar refractivity (Wildman–Crippen MR) is 85.8 cm³/mol. The minimum absolute atomic E-state index is 0.0213. The van der Waals surface area contributed by atoms with Crippen LogP contribution in [0.3, 0.4) is 0 Å². The van der Waals surface area contributed by atoms with Crippen LogP contribution in [0.25, 0.3) is 0 Å². The van der Waals surface area contributed by atoms with Gasteiger partial charge in [0.1, 0.15) is 0 Å². The summed E-state index contributed by atoms with van der Waals surface area (Å²) in [6, 6.07) is 7.65. The highest BCUT2D eigenvalue weighted by atomic mass is 35.5. The highest BCUT2D eigenvalue weighted by Crippen LogP contribution is 2.25. The summed E-state index contributed by atoms with van der Waals surface area (Å²) >= 11 is 5.86. The molecule has 1 heterocycles. The summed E-state index contributed by atoms with van der Waals surface area (Å²) in [5, 5.41) is 9.84. The van der Waals surface area contributed by atoms with Crippen LogP contribution in [0, 0.1) is 17.8 Å². The smallest absolute Gasteiger partial charge is 0.308 e. The Balaban J connectivity index is 1.86. The number of halogens is 1. The molecule has 0 radical (unpaired) electrons. The van der Waals surface area contributed by atoms with Crippen molar-refractivity contribution >= 4 is 23.5 Å². The molecule has 1 aliphatic rings. The van der Waals surface area contributed by atoms with Crippen LogP contribution in [0.4, 0.5) is 0 Å². The lowest BCUT2D eigenvalue weighted by molar-refractivity contribution is -0.142. The molecule has 4 nitrogen and oxygen atoms in total. The maximum absolute atomic E-state index is 12.3. The van der Waals surface area contributed by atoms with E-state index in [1.165, 1.54) is 0 Å². The van der Waals surface area contributed by atoms with Crippen LogP contribution in [-0.4, -0.2) is 35.0 Å². The highest BCUT2D eigenvalue weighted by molar-refractivity contribution is 6.30. The number of likely N-dealkylation sites (tertiary alicyclic amines) is 1. The maximum Gasteiger partial charge on any atom is 0.308 e. The maximum atomic E-state index is 12.3. The van der Waals surface area contributed by atoms with Crippen molar-refractivity contribution in [3.8, 4) is 0 Å². The number of amides is 1. The van der Waals surface area contributed by atoms with Gasteiger partial charge in [0.05, 0.1) is 5.92 Å². The van der Waals surface area contributed by atoms with Gasteiger partial charge in [0.15, 0.2) is 0 Å². The standard InChI is InChI=1S/C17H22ClNO3/c1-11(7-13-3-5-14(18)6-4-13)8-16(20)19-9-12(2)15(10-19)17(21)22/h3-6,11-12,15H,7-10H2,1-2H3,(H,21,22)/t11?,12-,15-/m1/s1. The second kappa shape index (κ2) is 7.14. The van der Waals surface area contributed by atoms with Crippen LogP contribution in [0.1, 0.15) is 25.8 Å². The third-order valence-electron chi connectivity index (χ3n) is 4.30. The van der Waals surface area contributed by atoms with Crippen molar-refractivity contribution in [2.24, 2.45) is 17.8 Å². The fourth-order valence-corrected chi connectivity index (χ4v) is 3.14. The number of benzene rings is 1. The normalized spacial score (nSPS) is 22.6. The monoisotopic (exact) mass is 323 g/mol. The first kappa shape index (κ1) is 16.8. The van der Waals surface area contributed by atoms with Gasteiger partial charge >= 0.3 is 5.97 Å². The number of hydrogen-bond acceptors (Lipinski definition) is 2. The van der Waals surface area contributed by atoms with Gasteiger partial charge in [0, 0.05) is 24.5 Å². The Labute approximate surface area is 136 Å². The summed E-state index contributed by atoms with van der Waals surface area (Å²) in [4.78, 5) is 25.1. The van der Waals surface area contributed by atoms with Gasteiger partial charge in [-0.05, 0) is 36.0 Å². The number of carboxylic acids is 1. The van der Waals surface area contributed by atoms with Gasteiger partial charge in [-0.15, -0.1) is 0 Å². The first-order valence-electron chi connectivity index (χ1n) is 7.62. The zero-order valence-corrected chi connectivity index (χ0v) is 13.7. The Kier molecular flexibility index (Phi) is 5.46. The molecule has 5 heteroatoms. The van der Waals surface area contributed by atoms with E-state index in [-0.39, 0.29) is 17.7 Å². The van der Waals surface area contributed by atoms with Gasteiger partial charge in [-0.3, -0.25) is 9.59 Å². The molecule has 0 aliphatic carbocycles. The van der Waals surface area contributed by atoms with Crippen LogP contribution in [0.5, 0.6) is 0 Å². The minimum atomic E-state index is -0.808. The van der Waals surface area contributed by atoms with Crippen molar-refractivity contribution in [1.29, 1.82) is 0 Å². The van der Waals surface area contributed by atoms with Crippen LogP contribution >= 0.6 is 11.6 Å². The molecule has 1 aliphatic heterocycles. The van der Waals surface area contributed by atoms with Crippen molar-refractivity contribution in [3.63, 3.8) is 0 Å². The molecule has 22 heavy (non-hydrogen) atoms. The van der Waals surface area contributed by atoms with Crippen molar-refractivity contribution in [2.75, 3.05) is 13.1 Å². The van der Waals surface area contributed by atoms with Gasteiger partial charge in [-0.2, -0.15) is 0 Å². The topological polar surface area (TPSA) is 57.6 Å². The number of carbonyl (C=O) groups excluding carboxylic acids is 1. The van der Waals surface area contributed by atoms with Gasteiger partial charge < -0.3 is 10.0 Å². The van der Waals surface area contributed by atoms with Gasteiger partial charge in [-0.1, -0.05) is 37.6 Å². The Morgan fingerprint density at radius 2 is 1.95 bits per heavy atom. The van der Waals surface area contributed by atoms with E-state index in [9.17, 15) is 9.59 Å². The second-order valence-corrected chi connectivity index (χ2v) is 6.80. The molecule has 0 aromatic heterocycles. The minimum Gasteiger partial charge on any atom is -0.481 e. The van der Waals surface area contributed by atoms with Crippen molar-refractivity contribution in [3.05, 3.63) is 34.9 Å². The Hall–Kier alpha value is -1.55. The van der Waals surface area contributed by atoms with Crippen molar-refractivity contribution in [2.45, 2.75) is 26.7 Å². The molecule has 120 valence electrons. The van der Waals surface area contributed by atoms with E-state index in [4.69, 9.17) is 16.7 Å². The summed E-state index contributed by atoms with van der Waals surface area (Å²) in [5.41, 5.74) is 1.16. The first-order chi connectivity index (χ1) is 10.4. The van der Waals surface area contributed by atoms with Crippen LogP contribution in [0.2, 0.25) is 5.02 Å². The van der Waals surface area contributed by atoms with E-state index < -0.39 is 11.9 Å². The van der Waals surface area contributed by atoms with Crippen molar-refractivity contribution in [1.82, 2.24) is 4.90 Å². The van der Waals surface area contributed by atoms with E-state index >= 15 is 0 Å². The quantitative estimate of drug-likeness (QED) is 0.906. The zero-order chi connectivity index (χ0) is 16.3. The van der Waals surface area contributed by atoms with Crippen LogP contribution in [0.15, 0.2) is 24.3 Å². The molecule has 1 aromatic carbocycles. The molecule has 0 spiro atoms. The zero-order valence-electron chi connectivity index (χ0n) is 13.0. The number of aliphatic carboxylic acids is 1. The molecule has 0 bridgehead atoms. The summed E-state index contributed by atoms with van der Waals surface area (Å²) in [7, 11) is 0. The SMILES string of the molecule is CC(CC(=O)N1C[C@@H](C)[C@H](C(=O)O)C1)Cc1ccc(Cl)cc1. The molecule has 2 rings (SSSR count). The lowest BCUT2D eigenvalue weighted by Crippen LogP contribution is -2.31. The van der Waals surface area contributed by atoms with Gasteiger partial charge in [0.25, 0.3) is 0 Å². The van der Waals surface area contributed by atoms with Crippen LogP contribution in [-0.2, 0) is 16.0 Å².